The van der Waals surface area contributed by atoms with Gasteiger partial charge in [-0.05, 0) is 37.8 Å². The van der Waals surface area contributed by atoms with Crippen molar-refractivity contribution in [1.29, 1.82) is 0 Å². The lowest BCUT2D eigenvalue weighted by atomic mass is 9.98. The number of carbonyl (C=O) groups is 1. The Morgan fingerprint density at radius 2 is 2.26 bits per heavy atom. The van der Waals surface area contributed by atoms with E-state index in [1.54, 1.807) is 4.90 Å². The molecular formula is C14H17ClFNO2. The van der Waals surface area contributed by atoms with Crippen molar-refractivity contribution in [2.24, 2.45) is 0 Å². The second-order valence-corrected chi connectivity index (χ2v) is 5.17. The lowest BCUT2D eigenvalue weighted by Gasteiger charge is -2.35. The Bertz CT molecular complexity index is 465. The summed E-state index contributed by atoms with van der Waals surface area (Å²) in [6.45, 7) is 0.640. The maximum atomic E-state index is 13.7. The molecule has 1 amide bonds. The molecule has 0 aliphatic carbocycles. The van der Waals surface area contributed by atoms with Crippen molar-refractivity contribution in [2.75, 3.05) is 12.4 Å². The Morgan fingerprint density at radius 3 is 2.95 bits per heavy atom. The predicted octanol–water partition coefficient (Wildman–Crippen LogP) is 3.15. The number of nitrogens with zero attached hydrogens (tertiary/aromatic N) is 1. The third kappa shape index (κ3) is 3.18. The molecule has 1 aromatic rings. The van der Waals surface area contributed by atoms with Crippen molar-refractivity contribution in [1.82, 2.24) is 4.90 Å². The number of likely N-dealkylation sites (tertiary alicyclic amines) is 1. The van der Waals surface area contributed by atoms with Gasteiger partial charge in [-0.15, -0.1) is 11.6 Å². The summed E-state index contributed by atoms with van der Waals surface area (Å²) in [6.07, 6.45) is 3.65. The van der Waals surface area contributed by atoms with Crippen LogP contribution in [-0.2, 0) is 0 Å². The van der Waals surface area contributed by atoms with Crippen molar-refractivity contribution >= 4 is 17.5 Å². The summed E-state index contributed by atoms with van der Waals surface area (Å²) in [7, 11) is 0. The van der Waals surface area contributed by atoms with E-state index in [-0.39, 0.29) is 23.3 Å². The Hall–Kier alpha value is -1.29. The lowest BCUT2D eigenvalue weighted by Crippen LogP contribution is -2.44. The fourth-order valence-corrected chi connectivity index (χ4v) is 2.78. The van der Waals surface area contributed by atoms with Crippen LogP contribution in [-0.4, -0.2) is 34.4 Å². The number of aromatic hydroxyl groups is 1. The van der Waals surface area contributed by atoms with Gasteiger partial charge in [-0.2, -0.15) is 0 Å². The number of benzene rings is 1. The van der Waals surface area contributed by atoms with E-state index in [0.29, 0.717) is 12.4 Å². The van der Waals surface area contributed by atoms with E-state index >= 15 is 0 Å². The monoisotopic (exact) mass is 285 g/mol. The van der Waals surface area contributed by atoms with Crippen LogP contribution in [0.1, 0.15) is 36.0 Å². The molecule has 0 aromatic heterocycles. The molecule has 0 spiro atoms. The maximum Gasteiger partial charge on any atom is 0.257 e. The molecule has 0 bridgehead atoms. The standard InChI is InChI=1S/C14H17ClFNO2/c15-7-6-10-3-1-2-8-17(10)14(19)12-5-4-11(18)9-13(12)16/h4-5,9-10,18H,1-3,6-8H2. The zero-order valence-corrected chi connectivity index (χ0v) is 11.4. The van der Waals surface area contributed by atoms with Crippen LogP contribution in [0.15, 0.2) is 18.2 Å². The lowest BCUT2D eigenvalue weighted by molar-refractivity contribution is 0.0604. The summed E-state index contributed by atoms with van der Waals surface area (Å²) in [4.78, 5) is 14.1. The number of rotatable bonds is 3. The molecule has 1 saturated heterocycles. The first kappa shape index (κ1) is 14.1. The van der Waals surface area contributed by atoms with Crippen LogP contribution in [0.2, 0.25) is 0 Å². The van der Waals surface area contributed by atoms with E-state index in [1.807, 2.05) is 0 Å². The number of hydrogen-bond donors (Lipinski definition) is 1. The molecule has 1 aliphatic rings. The molecular weight excluding hydrogens is 269 g/mol. The van der Waals surface area contributed by atoms with E-state index in [9.17, 15) is 14.3 Å². The largest absolute Gasteiger partial charge is 0.508 e. The highest BCUT2D eigenvalue weighted by atomic mass is 35.5. The summed E-state index contributed by atoms with van der Waals surface area (Å²) in [6, 6.07) is 3.72. The topological polar surface area (TPSA) is 40.5 Å². The number of halogens is 2. The first-order valence-corrected chi connectivity index (χ1v) is 7.02. The van der Waals surface area contributed by atoms with Gasteiger partial charge in [-0.3, -0.25) is 4.79 Å². The molecule has 0 radical (unpaired) electrons. The zero-order valence-electron chi connectivity index (χ0n) is 10.6. The Kier molecular flexibility index (Phi) is 4.64. The highest BCUT2D eigenvalue weighted by Gasteiger charge is 2.28. The number of piperidine rings is 1. The van der Waals surface area contributed by atoms with Crippen molar-refractivity contribution < 1.29 is 14.3 Å². The average Bonchev–Trinajstić information content (AvgIpc) is 2.39. The summed E-state index contributed by atoms with van der Waals surface area (Å²) >= 11 is 5.76. The molecule has 1 aromatic carbocycles. The Morgan fingerprint density at radius 1 is 1.47 bits per heavy atom. The van der Waals surface area contributed by atoms with Crippen LogP contribution in [0.25, 0.3) is 0 Å². The van der Waals surface area contributed by atoms with Crippen LogP contribution in [0.5, 0.6) is 5.75 Å². The third-order valence-corrected chi connectivity index (χ3v) is 3.73. The fourth-order valence-electron chi connectivity index (χ4n) is 2.53. The molecule has 1 aliphatic heterocycles. The Labute approximate surface area is 117 Å². The molecule has 1 atom stereocenters. The highest BCUT2D eigenvalue weighted by molar-refractivity contribution is 6.17. The minimum Gasteiger partial charge on any atom is -0.508 e. The molecule has 104 valence electrons. The van der Waals surface area contributed by atoms with Gasteiger partial charge >= 0.3 is 0 Å². The van der Waals surface area contributed by atoms with E-state index in [4.69, 9.17) is 11.6 Å². The van der Waals surface area contributed by atoms with E-state index < -0.39 is 5.82 Å². The predicted molar refractivity (Wildman–Crippen MR) is 72.1 cm³/mol. The number of phenols is 1. The summed E-state index contributed by atoms with van der Waals surface area (Å²) in [5, 5.41) is 9.18. The summed E-state index contributed by atoms with van der Waals surface area (Å²) in [5.41, 5.74) is 0.0132. The first-order valence-electron chi connectivity index (χ1n) is 6.49. The van der Waals surface area contributed by atoms with Crippen molar-refractivity contribution in [3.05, 3.63) is 29.6 Å². The van der Waals surface area contributed by atoms with Crippen LogP contribution in [0.4, 0.5) is 4.39 Å². The van der Waals surface area contributed by atoms with Gasteiger partial charge in [0.15, 0.2) is 0 Å². The van der Waals surface area contributed by atoms with Gasteiger partial charge in [0.2, 0.25) is 0 Å². The SMILES string of the molecule is O=C(c1ccc(O)cc1F)N1CCCCC1CCCl. The van der Waals surface area contributed by atoms with E-state index in [0.717, 1.165) is 31.7 Å². The number of hydrogen-bond acceptors (Lipinski definition) is 2. The first-order chi connectivity index (χ1) is 9.13. The average molecular weight is 286 g/mol. The molecule has 3 nitrogen and oxygen atoms in total. The minimum absolute atomic E-state index is 0.0132. The molecule has 1 fully saturated rings. The molecule has 2 rings (SSSR count). The van der Waals surface area contributed by atoms with Gasteiger partial charge in [0.25, 0.3) is 5.91 Å². The molecule has 19 heavy (non-hydrogen) atoms. The number of amides is 1. The van der Waals surface area contributed by atoms with Crippen LogP contribution >= 0.6 is 11.6 Å². The molecule has 1 unspecified atom stereocenters. The highest BCUT2D eigenvalue weighted by Crippen LogP contribution is 2.24. The number of carbonyl (C=O) groups excluding carboxylic acids is 1. The molecule has 5 heteroatoms. The van der Waals surface area contributed by atoms with Gasteiger partial charge in [0, 0.05) is 24.5 Å². The van der Waals surface area contributed by atoms with Gasteiger partial charge in [0.1, 0.15) is 11.6 Å². The van der Waals surface area contributed by atoms with Crippen molar-refractivity contribution in [3.8, 4) is 5.75 Å². The second kappa shape index (κ2) is 6.24. The Balaban J connectivity index is 2.21. The van der Waals surface area contributed by atoms with Gasteiger partial charge in [0.05, 0.1) is 5.56 Å². The summed E-state index contributed by atoms with van der Waals surface area (Å²) in [5.74, 6) is -0.676. The van der Waals surface area contributed by atoms with Gasteiger partial charge in [-0.1, -0.05) is 0 Å². The van der Waals surface area contributed by atoms with Gasteiger partial charge < -0.3 is 10.0 Å². The van der Waals surface area contributed by atoms with Crippen LogP contribution in [0, 0.1) is 5.82 Å². The van der Waals surface area contributed by atoms with Crippen LogP contribution < -0.4 is 0 Å². The number of alkyl halides is 1. The molecule has 1 heterocycles. The third-order valence-electron chi connectivity index (χ3n) is 3.51. The fraction of sp³-hybridized carbons (Fsp3) is 0.500. The normalized spacial score (nSPS) is 19.5. The maximum absolute atomic E-state index is 13.7. The smallest absolute Gasteiger partial charge is 0.257 e. The molecule has 0 saturated carbocycles. The van der Waals surface area contributed by atoms with Crippen molar-refractivity contribution in [2.45, 2.75) is 31.7 Å². The second-order valence-electron chi connectivity index (χ2n) is 4.79. The number of phenolic OH excluding ortho intramolecular Hbond substituents is 1. The van der Waals surface area contributed by atoms with Crippen molar-refractivity contribution in [3.63, 3.8) is 0 Å². The summed E-state index contributed by atoms with van der Waals surface area (Å²) < 4.78 is 13.7. The minimum atomic E-state index is -0.680. The van der Waals surface area contributed by atoms with Crippen LogP contribution in [0.3, 0.4) is 0 Å². The molecule has 1 N–H and O–H groups in total. The quantitative estimate of drug-likeness (QED) is 0.867. The van der Waals surface area contributed by atoms with E-state index in [1.165, 1.54) is 12.1 Å². The zero-order chi connectivity index (χ0) is 13.8. The van der Waals surface area contributed by atoms with Gasteiger partial charge in [-0.25, -0.2) is 4.39 Å². The van der Waals surface area contributed by atoms with E-state index in [2.05, 4.69) is 0 Å².